The third-order valence-electron chi connectivity index (χ3n) is 5.73. The van der Waals surface area contributed by atoms with Crippen LogP contribution in [0.1, 0.15) is 43.2 Å². The molecule has 5 rings (SSSR count). The summed E-state index contributed by atoms with van der Waals surface area (Å²) in [7, 11) is 1.72. The summed E-state index contributed by atoms with van der Waals surface area (Å²) >= 11 is 12.5. The van der Waals surface area contributed by atoms with Crippen LogP contribution < -0.4 is 5.32 Å². The number of likely N-dealkylation sites (tertiary alicyclic amines) is 1. The van der Waals surface area contributed by atoms with Crippen molar-refractivity contribution in [1.82, 2.24) is 34.9 Å². The summed E-state index contributed by atoms with van der Waals surface area (Å²) in [6.07, 6.45) is 3.37. The Hall–Kier alpha value is -2.91. The SMILES string of the molecule is CC1=C(C(=O)N2CCC[C@H]2c2nnn(C)n2)C(c2ccc(Cl)c(Cl)c2)n2nccc2N1. The normalized spacial score (nSPS) is 20.7. The fourth-order valence-electron chi connectivity index (χ4n) is 4.34. The molecule has 1 unspecified atom stereocenters. The third kappa shape index (κ3) is 3.37. The van der Waals surface area contributed by atoms with Gasteiger partial charge in [-0.1, -0.05) is 29.3 Å². The van der Waals surface area contributed by atoms with Gasteiger partial charge >= 0.3 is 0 Å². The number of fused-ring (bicyclic) bond motifs is 1. The molecule has 1 saturated heterocycles. The number of halogens is 2. The fourth-order valence-corrected chi connectivity index (χ4v) is 4.65. The van der Waals surface area contributed by atoms with Crippen molar-refractivity contribution in [3.8, 4) is 0 Å². The molecule has 31 heavy (non-hydrogen) atoms. The highest BCUT2D eigenvalue weighted by molar-refractivity contribution is 6.42. The van der Waals surface area contributed by atoms with Crippen molar-refractivity contribution < 1.29 is 4.79 Å². The summed E-state index contributed by atoms with van der Waals surface area (Å²) in [6.45, 7) is 2.53. The number of amides is 1. The van der Waals surface area contributed by atoms with Gasteiger partial charge in [0.25, 0.3) is 5.91 Å². The van der Waals surface area contributed by atoms with Crippen LogP contribution in [0.4, 0.5) is 5.82 Å². The molecule has 2 aliphatic heterocycles. The molecule has 1 fully saturated rings. The number of rotatable bonds is 3. The van der Waals surface area contributed by atoms with Gasteiger partial charge in [-0.15, -0.1) is 10.2 Å². The second-order valence-corrected chi connectivity index (χ2v) is 8.51. The lowest BCUT2D eigenvalue weighted by Gasteiger charge is -2.33. The maximum atomic E-state index is 13.9. The molecule has 0 radical (unpaired) electrons. The van der Waals surface area contributed by atoms with Crippen molar-refractivity contribution in [2.24, 2.45) is 7.05 Å². The Kier molecular flexibility index (Phi) is 4.94. The van der Waals surface area contributed by atoms with Gasteiger partial charge in [-0.2, -0.15) is 9.90 Å². The van der Waals surface area contributed by atoms with Gasteiger partial charge in [-0.05, 0) is 42.7 Å². The van der Waals surface area contributed by atoms with Crippen molar-refractivity contribution in [3.63, 3.8) is 0 Å². The first-order chi connectivity index (χ1) is 14.9. The number of aryl methyl sites for hydroxylation is 1. The van der Waals surface area contributed by atoms with Gasteiger partial charge < -0.3 is 10.2 Å². The molecular formula is C20H20Cl2N8O. The Morgan fingerprint density at radius 2 is 2.06 bits per heavy atom. The minimum atomic E-state index is -0.440. The zero-order valence-corrected chi connectivity index (χ0v) is 18.5. The molecule has 3 aromatic rings. The average molecular weight is 459 g/mol. The van der Waals surface area contributed by atoms with Crippen LogP contribution in [0.5, 0.6) is 0 Å². The van der Waals surface area contributed by atoms with Crippen LogP contribution in [0.2, 0.25) is 10.0 Å². The second-order valence-electron chi connectivity index (χ2n) is 7.69. The number of hydrogen-bond acceptors (Lipinski definition) is 6. The Morgan fingerprint density at radius 3 is 2.81 bits per heavy atom. The highest BCUT2D eigenvalue weighted by Gasteiger charge is 2.40. The molecule has 4 heterocycles. The first kappa shape index (κ1) is 20.0. The number of benzene rings is 1. The summed E-state index contributed by atoms with van der Waals surface area (Å²) in [5.41, 5.74) is 2.20. The lowest BCUT2D eigenvalue weighted by molar-refractivity contribution is -0.128. The number of aromatic nitrogens is 6. The third-order valence-corrected chi connectivity index (χ3v) is 6.47. The Balaban J connectivity index is 1.58. The standard InChI is InChI=1S/C20H20Cl2N8O/c1-11-17(20(31)29-9-3-4-15(29)19-25-27-28(2)26-19)18(30-16(24-11)7-8-23-30)12-5-6-13(21)14(22)10-12/h5-8,10,15,18,24H,3-4,9H2,1-2H3/t15-,18?/m0/s1. The highest BCUT2D eigenvalue weighted by atomic mass is 35.5. The molecule has 9 nitrogen and oxygen atoms in total. The molecule has 2 atom stereocenters. The van der Waals surface area contributed by atoms with Crippen molar-refractivity contribution in [2.45, 2.75) is 31.8 Å². The zero-order chi connectivity index (χ0) is 21.7. The van der Waals surface area contributed by atoms with Crippen molar-refractivity contribution >= 4 is 34.9 Å². The summed E-state index contributed by atoms with van der Waals surface area (Å²) in [5.74, 6) is 1.28. The quantitative estimate of drug-likeness (QED) is 0.646. The van der Waals surface area contributed by atoms with Crippen molar-refractivity contribution in [1.29, 1.82) is 0 Å². The molecule has 0 saturated carbocycles. The predicted molar refractivity (Wildman–Crippen MR) is 116 cm³/mol. The number of carbonyl (C=O) groups excluding carboxylic acids is 1. The maximum absolute atomic E-state index is 13.9. The van der Waals surface area contributed by atoms with Gasteiger partial charge in [0.05, 0.1) is 34.9 Å². The summed E-state index contributed by atoms with van der Waals surface area (Å²) < 4.78 is 1.80. The van der Waals surface area contributed by atoms with Crippen LogP contribution in [-0.4, -0.2) is 47.3 Å². The van der Waals surface area contributed by atoms with Crippen molar-refractivity contribution in [3.05, 3.63) is 63.2 Å². The van der Waals surface area contributed by atoms with Gasteiger partial charge in [-0.25, -0.2) is 4.68 Å². The van der Waals surface area contributed by atoms with Crippen LogP contribution in [0.25, 0.3) is 0 Å². The second kappa shape index (κ2) is 7.65. The van der Waals surface area contributed by atoms with Crippen LogP contribution in [0, 0.1) is 0 Å². The van der Waals surface area contributed by atoms with E-state index in [2.05, 4.69) is 25.8 Å². The first-order valence-electron chi connectivity index (χ1n) is 9.95. The topological polar surface area (TPSA) is 93.8 Å². The molecule has 1 N–H and O–H groups in total. The fraction of sp³-hybridized carbons (Fsp3) is 0.350. The minimum Gasteiger partial charge on any atom is -0.344 e. The van der Waals surface area contributed by atoms with Crippen LogP contribution in [0.3, 0.4) is 0 Å². The number of allylic oxidation sites excluding steroid dienone is 1. The first-order valence-corrected chi connectivity index (χ1v) is 10.7. The predicted octanol–water partition coefficient (Wildman–Crippen LogP) is 3.37. The van der Waals surface area contributed by atoms with E-state index >= 15 is 0 Å². The van der Waals surface area contributed by atoms with Crippen LogP contribution >= 0.6 is 23.2 Å². The van der Waals surface area contributed by atoms with E-state index in [0.29, 0.717) is 28.0 Å². The largest absolute Gasteiger partial charge is 0.344 e. The molecule has 160 valence electrons. The van der Waals surface area contributed by atoms with E-state index in [4.69, 9.17) is 23.2 Å². The van der Waals surface area contributed by atoms with Crippen molar-refractivity contribution in [2.75, 3.05) is 11.9 Å². The zero-order valence-electron chi connectivity index (χ0n) is 17.0. The van der Waals surface area contributed by atoms with Crippen LogP contribution in [0.15, 0.2) is 41.7 Å². The molecule has 11 heteroatoms. The van der Waals surface area contributed by atoms with Crippen LogP contribution in [-0.2, 0) is 11.8 Å². The lowest BCUT2D eigenvalue weighted by Crippen LogP contribution is -2.38. The molecule has 1 aromatic carbocycles. The minimum absolute atomic E-state index is 0.0859. The number of carbonyl (C=O) groups is 1. The average Bonchev–Trinajstić information content (AvgIpc) is 3.48. The Bertz CT molecular complexity index is 1200. The number of tetrazole rings is 1. The van der Waals surface area contributed by atoms with E-state index in [9.17, 15) is 4.79 Å². The van der Waals surface area contributed by atoms with E-state index in [1.165, 1.54) is 4.80 Å². The summed E-state index contributed by atoms with van der Waals surface area (Å²) in [6, 6.07) is 6.63. The van der Waals surface area contributed by atoms with E-state index in [1.54, 1.807) is 30.1 Å². The number of nitrogens with zero attached hydrogens (tertiary/aromatic N) is 7. The van der Waals surface area contributed by atoms with Gasteiger partial charge in [0.1, 0.15) is 11.9 Å². The molecule has 2 aromatic heterocycles. The molecule has 0 aliphatic carbocycles. The van der Waals surface area contributed by atoms with E-state index in [0.717, 1.165) is 29.9 Å². The smallest absolute Gasteiger partial charge is 0.254 e. The number of hydrogen-bond donors (Lipinski definition) is 1. The number of anilines is 1. The van der Waals surface area contributed by atoms with Gasteiger partial charge in [-0.3, -0.25) is 4.79 Å². The van der Waals surface area contributed by atoms with E-state index in [1.807, 2.05) is 24.0 Å². The monoisotopic (exact) mass is 458 g/mol. The molecular weight excluding hydrogens is 439 g/mol. The van der Waals surface area contributed by atoms with E-state index < -0.39 is 6.04 Å². The maximum Gasteiger partial charge on any atom is 0.254 e. The summed E-state index contributed by atoms with van der Waals surface area (Å²) in [5, 5.41) is 21.1. The summed E-state index contributed by atoms with van der Waals surface area (Å²) in [4.78, 5) is 17.2. The molecule has 1 amide bonds. The molecule has 0 bridgehead atoms. The van der Waals surface area contributed by atoms with Gasteiger partial charge in [0.2, 0.25) is 0 Å². The molecule has 0 spiro atoms. The van der Waals surface area contributed by atoms with Gasteiger partial charge in [0, 0.05) is 18.3 Å². The van der Waals surface area contributed by atoms with E-state index in [-0.39, 0.29) is 11.9 Å². The number of nitrogens with one attached hydrogen (secondary N) is 1. The van der Waals surface area contributed by atoms with Gasteiger partial charge in [0.15, 0.2) is 5.82 Å². The Morgan fingerprint density at radius 1 is 1.23 bits per heavy atom. The lowest BCUT2D eigenvalue weighted by atomic mass is 9.94. The highest BCUT2D eigenvalue weighted by Crippen LogP contribution is 2.40. The Labute approximate surface area is 188 Å². The molecule has 2 aliphatic rings.